The minimum Gasteiger partial charge on any atom is -0.481 e. The SMILES string of the molecule is O=C(O)Cc1cccc(-c2cnc3nccnc3c2)c1. The summed E-state index contributed by atoms with van der Waals surface area (Å²) in [6.07, 6.45) is 4.95. The molecule has 0 aliphatic rings. The van der Waals surface area contributed by atoms with E-state index in [4.69, 9.17) is 5.11 Å². The number of aromatic nitrogens is 3. The fraction of sp³-hybridized carbons (Fsp3) is 0.0667. The standard InChI is InChI=1S/C15H11N3O2/c19-14(20)7-10-2-1-3-11(6-10)12-8-13-15(18-9-12)17-5-4-16-13/h1-6,8-9H,7H2,(H,19,20). The van der Waals surface area contributed by atoms with E-state index in [1.807, 2.05) is 24.3 Å². The first-order chi connectivity index (χ1) is 9.72. The molecule has 5 nitrogen and oxygen atoms in total. The van der Waals surface area contributed by atoms with E-state index >= 15 is 0 Å². The van der Waals surface area contributed by atoms with Crippen LogP contribution in [0.2, 0.25) is 0 Å². The molecule has 0 saturated heterocycles. The van der Waals surface area contributed by atoms with Crippen molar-refractivity contribution in [2.45, 2.75) is 6.42 Å². The van der Waals surface area contributed by atoms with Gasteiger partial charge in [0.2, 0.25) is 0 Å². The lowest BCUT2D eigenvalue weighted by molar-refractivity contribution is -0.136. The van der Waals surface area contributed by atoms with Crippen LogP contribution in [0, 0.1) is 0 Å². The molecule has 0 bridgehead atoms. The number of rotatable bonds is 3. The first kappa shape index (κ1) is 12.2. The van der Waals surface area contributed by atoms with Gasteiger partial charge in [-0.1, -0.05) is 24.3 Å². The summed E-state index contributed by atoms with van der Waals surface area (Å²) >= 11 is 0. The monoisotopic (exact) mass is 265 g/mol. The summed E-state index contributed by atoms with van der Waals surface area (Å²) in [5, 5.41) is 8.84. The summed E-state index contributed by atoms with van der Waals surface area (Å²) in [7, 11) is 0. The van der Waals surface area contributed by atoms with Crippen molar-refractivity contribution in [3.8, 4) is 11.1 Å². The molecule has 0 amide bonds. The summed E-state index contributed by atoms with van der Waals surface area (Å²) in [4.78, 5) is 23.4. The third-order valence-electron chi connectivity index (χ3n) is 2.94. The third kappa shape index (κ3) is 2.47. The Morgan fingerprint density at radius 1 is 1.05 bits per heavy atom. The van der Waals surface area contributed by atoms with E-state index < -0.39 is 5.97 Å². The molecule has 1 aromatic carbocycles. The Balaban J connectivity index is 2.03. The van der Waals surface area contributed by atoms with Crippen molar-refractivity contribution in [1.29, 1.82) is 0 Å². The van der Waals surface area contributed by atoms with E-state index in [9.17, 15) is 4.79 Å². The van der Waals surface area contributed by atoms with Gasteiger partial charge in [0.25, 0.3) is 0 Å². The van der Waals surface area contributed by atoms with Crippen LogP contribution in [0.1, 0.15) is 5.56 Å². The highest BCUT2D eigenvalue weighted by Crippen LogP contribution is 2.22. The molecule has 0 fully saturated rings. The highest BCUT2D eigenvalue weighted by atomic mass is 16.4. The Labute approximate surface area is 115 Å². The number of carbonyl (C=O) groups is 1. The van der Waals surface area contributed by atoms with Gasteiger partial charge in [-0.2, -0.15) is 0 Å². The van der Waals surface area contributed by atoms with Crippen LogP contribution in [-0.2, 0) is 11.2 Å². The minimum absolute atomic E-state index is 0.00859. The lowest BCUT2D eigenvalue weighted by Crippen LogP contribution is -1.99. The Hall–Kier alpha value is -2.82. The van der Waals surface area contributed by atoms with Crippen molar-refractivity contribution in [3.63, 3.8) is 0 Å². The minimum atomic E-state index is -0.843. The van der Waals surface area contributed by atoms with Gasteiger partial charge >= 0.3 is 5.97 Å². The average molecular weight is 265 g/mol. The van der Waals surface area contributed by atoms with E-state index in [1.54, 1.807) is 24.7 Å². The molecule has 20 heavy (non-hydrogen) atoms. The molecule has 5 heteroatoms. The fourth-order valence-electron chi connectivity index (χ4n) is 2.05. The smallest absolute Gasteiger partial charge is 0.307 e. The molecule has 0 atom stereocenters. The molecule has 0 aliphatic heterocycles. The van der Waals surface area contributed by atoms with Crippen LogP contribution in [0.3, 0.4) is 0 Å². The Morgan fingerprint density at radius 2 is 1.90 bits per heavy atom. The Morgan fingerprint density at radius 3 is 2.75 bits per heavy atom. The van der Waals surface area contributed by atoms with Gasteiger partial charge in [-0.3, -0.25) is 9.78 Å². The van der Waals surface area contributed by atoms with E-state index in [-0.39, 0.29) is 6.42 Å². The van der Waals surface area contributed by atoms with E-state index in [0.29, 0.717) is 11.2 Å². The van der Waals surface area contributed by atoms with Crippen LogP contribution in [0.15, 0.2) is 48.9 Å². The molecular weight excluding hydrogens is 254 g/mol. The number of carboxylic acids is 1. The quantitative estimate of drug-likeness (QED) is 0.786. The normalized spacial score (nSPS) is 10.6. The number of pyridine rings is 1. The van der Waals surface area contributed by atoms with Gasteiger partial charge in [0.05, 0.1) is 6.42 Å². The molecule has 0 saturated carbocycles. The maximum absolute atomic E-state index is 10.8. The van der Waals surface area contributed by atoms with Gasteiger partial charge in [-0.25, -0.2) is 9.97 Å². The number of carboxylic acid groups (broad SMARTS) is 1. The van der Waals surface area contributed by atoms with Gasteiger partial charge in [0.15, 0.2) is 5.65 Å². The number of hydrogen-bond acceptors (Lipinski definition) is 4. The number of hydrogen-bond donors (Lipinski definition) is 1. The second kappa shape index (κ2) is 5.05. The van der Waals surface area contributed by atoms with E-state index in [1.165, 1.54) is 0 Å². The Bertz CT molecular complexity index is 787. The maximum Gasteiger partial charge on any atom is 0.307 e. The molecule has 1 N–H and O–H groups in total. The van der Waals surface area contributed by atoms with Crippen LogP contribution in [0.25, 0.3) is 22.3 Å². The van der Waals surface area contributed by atoms with Gasteiger partial charge in [0.1, 0.15) is 5.52 Å². The van der Waals surface area contributed by atoms with Crippen LogP contribution >= 0.6 is 0 Å². The summed E-state index contributed by atoms with van der Waals surface area (Å²) in [6, 6.07) is 9.31. The van der Waals surface area contributed by atoms with Gasteiger partial charge in [-0.05, 0) is 17.2 Å². The number of nitrogens with zero attached hydrogens (tertiary/aromatic N) is 3. The van der Waals surface area contributed by atoms with Crippen molar-refractivity contribution < 1.29 is 9.90 Å². The first-order valence-corrected chi connectivity index (χ1v) is 6.10. The zero-order valence-electron chi connectivity index (χ0n) is 10.5. The van der Waals surface area contributed by atoms with Crippen molar-refractivity contribution >= 4 is 17.1 Å². The third-order valence-corrected chi connectivity index (χ3v) is 2.94. The maximum atomic E-state index is 10.8. The highest BCUT2D eigenvalue weighted by molar-refractivity contribution is 5.78. The van der Waals surface area contributed by atoms with Crippen molar-refractivity contribution in [1.82, 2.24) is 15.0 Å². The van der Waals surface area contributed by atoms with Gasteiger partial charge in [-0.15, -0.1) is 0 Å². The number of fused-ring (bicyclic) bond motifs is 1. The van der Waals surface area contributed by atoms with Gasteiger partial charge < -0.3 is 5.11 Å². The highest BCUT2D eigenvalue weighted by Gasteiger charge is 2.05. The van der Waals surface area contributed by atoms with Crippen LogP contribution < -0.4 is 0 Å². The molecule has 3 aromatic rings. The predicted molar refractivity (Wildman–Crippen MR) is 74.1 cm³/mol. The molecule has 0 unspecified atom stereocenters. The zero-order valence-corrected chi connectivity index (χ0v) is 10.5. The van der Waals surface area contributed by atoms with Crippen LogP contribution in [-0.4, -0.2) is 26.0 Å². The first-order valence-electron chi connectivity index (χ1n) is 6.10. The summed E-state index contributed by atoms with van der Waals surface area (Å²) in [5.74, 6) is -0.843. The summed E-state index contributed by atoms with van der Waals surface area (Å²) in [5.41, 5.74) is 3.88. The van der Waals surface area contributed by atoms with Gasteiger partial charge in [0, 0.05) is 24.2 Å². The van der Waals surface area contributed by atoms with Crippen LogP contribution in [0.5, 0.6) is 0 Å². The lowest BCUT2D eigenvalue weighted by atomic mass is 10.0. The second-order valence-corrected chi connectivity index (χ2v) is 4.39. The van der Waals surface area contributed by atoms with Crippen molar-refractivity contribution in [2.75, 3.05) is 0 Å². The second-order valence-electron chi connectivity index (χ2n) is 4.39. The van der Waals surface area contributed by atoms with Crippen LogP contribution in [0.4, 0.5) is 0 Å². The van der Waals surface area contributed by atoms with Crippen molar-refractivity contribution in [2.24, 2.45) is 0 Å². The summed E-state index contributed by atoms with van der Waals surface area (Å²) < 4.78 is 0. The molecule has 2 aromatic heterocycles. The summed E-state index contributed by atoms with van der Waals surface area (Å²) in [6.45, 7) is 0. The van der Waals surface area contributed by atoms with E-state index in [2.05, 4.69) is 15.0 Å². The van der Waals surface area contributed by atoms with E-state index in [0.717, 1.165) is 16.7 Å². The number of benzene rings is 1. The molecule has 2 heterocycles. The molecule has 3 rings (SSSR count). The topological polar surface area (TPSA) is 76.0 Å². The van der Waals surface area contributed by atoms with Crippen molar-refractivity contribution in [3.05, 3.63) is 54.5 Å². The molecule has 0 spiro atoms. The molecular formula is C15H11N3O2. The fourth-order valence-corrected chi connectivity index (χ4v) is 2.05. The Kier molecular flexibility index (Phi) is 3.09. The molecule has 0 aliphatic carbocycles. The zero-order chi connectivity index (χ0) is 13.9. The number of aliphatic carboxylic acids is 1. The average Bonchev–Trinajstić information content (AvgIpc) is 2.46. The lowest BCUT2D eigenvalue weighted by Gasteiger charge is -2.04. The largest absolute Gasteiger partial charge is 0.481 e. The molecule has 0 radical (unpaired) electrons. The predicted octanol–water partition coefficient (Wildman–Crippen LogP) is 2.32. The molecule has 98 valence electrons.